The summed E-state index contributed by atoms with van der Waals surface area (Å²) in [4.78, 5) is 11.7. The monoisotopic (exact) mass is 526 g/mol. The summed E-state index contributed by atoms with van der Waals surface area (Å²) in [7, 11) is -0.607. The summed E-state index contributed by atoms with van der Waals surface area (Å²) in [6.07, 6.45) is 5.47. The highest BCUT2D eigenvalue weighted by molar-refractivity contribution is 6.55. The van der Waals surface area contributed by atoms with Crippen LogP contribution in [0.3, 0.4) is 0 Å². The van der Waals surface area contributed by atoms with Gasteiger partial charge in [0.2, 0.25) is 5.88 Å². The van der Waals surface area contributed by atoms with Gasteiger partial charge >= 0.3 is 0 Å². The van der Waals surface area contributed by atoms with Crippen molar-refractivity contribution in [3.8, 4) is 29.0 Å². The molecule has 4 aromatic rings. The van der Waals surface area contributed by atoms with Gasteiger partial charge in [0.1, 0.15) is 12.5 Å². The second-order valence-corrected chi connectivity index (χ2v) is 13.6. The summed E-state index contributed by atoms with van der Waals surface area (Å²) >= 11 is 0. The lowest BCUT2D eigenvalue weighted by Crippen LogP contribution is -2.33. The number of piperidine rings is 1. The van der Waals surface area contributed by atoms with E-state index in [1.165, 1.54) is 6.04 Å². The van der Waals surface area contributed by atoms with Crippen LogP contribution in [0, 0.1) is 17.2 Å². The standard InChI is InChI=1S/C29H34N6O2Si/c1-38(2)16-15-36-21-35-28(9-12-32-35)24-4-8-29(31-19-24)37-26-6-7-27-23(17-26)3-5-25(33-27)20-34-13-10-22(18-30)11-14-34/h3-9,12,17,19,22,38H,10-11,13-16,20-21H2,1-2H3. The van der Waals surface area contributed by atoms with Crippen molar-refractivity contribution in [3.05, 3.63) is 66.6 Å². The number of likely N-dealkylation sites (tertiary alicyclic amines) is 1. The normalized spacial score (nSPS) is 14.7. The molecule has 1 fully saturated rings. The highest BCUT2D eigenvalue weighted by Crippen LogP contribution is 2.27. The van der Waals surface area contributed by atoms with Crippen molar-refractivity contribution < 1.29 is 9.47 Å². The third-order valence-corrected chi connectivity index (χ3v) is 8.29. The fourth-order valence-electron chi connectivity index (χ4n) is 4.61. The first-order chi connectivity index (χ1) is 18.6. The van der Waals surface area contributed by atoms with Crippen LogP contribution in [0.1, 0.15) is 18.5 Å². The molecule has 0 aliphatic carbocycles. The molecule has 0 amide bonds. The summed E-state index contributed by atoms with van der Waals surface area (Å²) in [5.74, 6) is 1.45. The second kappa shape index (κ2) is 12.3. The van der Waals surface area contributed by atoms with E-state index in [9.17, 15) is 0 Å². The number of hydrogen-bond acceptors (Lipinski definition) is 7. The van der Waals surface area contributed by atoms with E-state index in [4.69, 9.17) is 19.7 Å². The smallest absolute Gasteiger partial charge is 0.219 e. The molecule has 0 saturated carbocycles. The predicted octanol–water partition coefficient (Wildman–Crippen LogP) is 5.48. The van der Waals surface area contributed by atoms with Crippen LogP contribution >= 0.6 is 0 Å². The van der Waals surface area contributed by atoms with Crippen LogP contribution in [0.2, 0.25) is 19.1 Å². The number of rotatable bonds is 10. The van der Waals surface area contributed by atoms with Gasteiger partial charge in [-0.15, -0.1) is 0 Å². The third-order valence-electron chi connectivity index (χ3n) is 6.90. The Bertz CT molecular complexity index is 1390. The highest BCUT2D eigenvalue weighted by Gasteiger charge is 2.19. The molecule has 38 heavy (non-hydrogen) atoms. The fraction of sp³-hybridized carbons (Fsp3) is 0.379. The molecule has 0 N–H and O–H groups in total. The maximum Gasteiger partial charge on any atom is 0.219 e. The number of pyridine rings is 2. The molecule has 9 heteroatoms. The van der Waals surface area contributed by atoms with Crippen molar-refractivity contribution in [2.24, 2.45) is 5.92 Å². The lowest BCUT2D eigenvalue weighted by Gasteiger charge is -2.28. The Morgan fingerprint density at radius 1 is 1.08 bits per heavy atom. The van der Waals surface area contributed by atoms with Gasteiger partial charge in [-0.2, -0.15) is 10.4 Å². The Morgan fingerprint density at radius 3 is 2.71 bits per heavy atom. The summed E-state index contributed by atoms with van der Waals surface area (Å²) in [6, 6.07) is 19.5. The number of ether oxygens (including phenoxy) is 2. The van der Waals surface area contributed by atoms with E-state index >= 15 is 0 Å². The highest BCUT2D eigenvalue weighted by atomic mass is 28.3. The van der Waals surface area contributed by atoms with Crippen LogP contribution < -0.4 is 4.74 Å². The Labute approximate surface area is 225 Å². The topological polar surface area (TPSA) is 89.1 Å². The van der Waals surface area contributed by atoms with Gasteiger partial charge in [0.25, 0.3) is 0 Å². The van der Waals surface area contributed by atoms with Crippen LogP contribution in [0.15, 0.2) is 60.9 Å². The van der Waals surface area contributed by atoms with E-state index in [0.29, 0.717) is 12.6 Å². The van der Waals surface area contributed by atoms with E-state index in [1.54, 1.807) is 12.4 Å². The molecule has 1 aliphatic heterocycles. The first-order valence-corrected chi connectivity index (χ1v) is 16.5. The first kappa shape index (κ1) is 26.0. The molecule has 4 heterocycles. The molecule has 0 unspecified atom stereocenters. The van der Waals surface area contributed by atoms with Gasteiger partial charge in [-0.25, -0.2) is 9.67 Å². The van der Waals surface area contributed by atoms with Gasteiger partial charge in [-0.05, 0) is 68.4 Å². The summed E-state index contributed by atoms with van der Waals surface area (Å²) in [6.45, 7) is 8.58. The SMILES string of the molecule is C[SiH](C)CCOCn1nccc1-c1ccc(Oc2ccc3nc(CN4CCC(C#N)CC4)ccc3c2)nc1. The molecule has 0 radical (unpaired) electrons. The van der Waals surface area contributed by atoms with Crippen molar-refractivity contribution in [1.82, 2.24) is 24.6 Å². The zero-order chi connectivity index (χ0) is 26.3. The van der Waals surface area contributed by atoms with Crippen LogP contribution in [0.25, 0.3) is 22.2 Å². The number of fused-ring (bicyclic) bond motifs is 1. The second-order valence-electron chi connectivity index (χ2n) is 10.3. The Hall–Kier alpha value is -3.58. The average molecular weight is 527 g/mol. The summed E-state index contributed by atoms with van der Waals surface area (Å²) in [5, 5.41) is 14.5. The Morgan fingerprint density at radius 2 is 1.95 bits per heavy atom. The van der Waals surface area contributed by atoms with E-state index in [2.05, 4.69) is 46.3 Å². The molecule has 196 valence electrons. The number of nitrogens with zero attached hydrogens (tertiary/aromatic N) is 6. The van der Waals surface area contributed by atoms with Gasteiger partial charge in [0.15, 0.2) is 0 Å². The molecule has 8 nitrogen and oxygen atoms in total. The molecule has 1 aromatic carbocycles. The van der Waals surface area contributed by atoms with E-state index in [0.717, 1.165) is 72.7 Å². The van der Waals surface area contributed by atoms with E-state index < -0.39 is 8.80 Å². The molecular formula is C29H34N6O2Si. The molecule has 0 atom stereocenters. The Balaban J connectivity index is 1.20. The molecule has 1 saturated heterocycles. The van der Waals surface area contributed by atoms with Gasteiger partial charge in [-0.3, -0.25) is 9.88 Å². The lowest BCUT2D eigenvalue weighted by atomic mass is 9.98. The van der Waals surface area contributed by atoms with Crippen molar-refractivity contribution in [1.29, 1.82) is 5.26 Å². The van der Waals surface area contributed by atoms with Gasteiger partial charge in [0, 0.05) is 57.3 Å². The van der Waals surface area contributed by atoms with Crippen LogP contribution in [-0.2, 0) is 18.0 Å². The number of hydrogen-bond donors (Lipinski definition) is 0. The van der Waals surface area contributed by atoms with Crippen molar-refractivity contribution in [2.75, 3.05) is 19.7 Å². The van der Waals surface area contributed by atoms with E-state index in [-0.39, 0.29) is 5.92 Å². The van der Waals surface area contributed by atoms with Crippen molar-refractivity contribution >= 4 is 19.7 Å². The minimum Gasteiger partial charge on any atom is -0.439 e. The average Bonchev–Trinajstić information content (AvgIpc) is 3.40. The predicted molar refractivity (Wildman–Crippen MR) is 151 cm³/mol. The third kappa shape index (κ3) is 6.64. The summed E-state index contributed by atoms with van der Waals surface area (Å²) < 4.78 is 13.7. The van der Waals surface area contributed by atoms with Crippen LogP contribution in [-0.4, -0.2) is 53.1 Å². The van der Waals surface area contributed by atoms with Crippen molar-refractivity contribution in [3.63, 3.8) is 0 Å². The fourth-order valence-corrected chi connectivity index (χ4v) is 5.25. The van der Waals surface area contributed by atoms with Crippen LogP contribution in [0.5, 0.6) is 11.6 Å². The number of benzene rings is 1. The quantitative estimate of drug-likeness (QED) is 0.200. The first-order valence-electron chi connectivity index (χ1n) is 13.3. The zero-order valence-electron chi connectivity index (χ0n) is 22.1. The zero-order valence-corrected chi connectivity index (χ0v) is 23.2. The minimum atomic E-state index is -0.607. The van der Waals surface area contributed by atoms with E-state index in [1.807, 2.05) is 41.1 Å². The maximum atomic E-state index is 9.11. The lowest BCUT2D eigenvalue weighted by molar-refractivity contribution is 0.0801. The molecule has 0 bridgehead atoms. The minimum absolute atomic E-state index is 0.198. The number of nitriles is 1. The maximum absolute atomic E-state index is 9.11. The van der Waals surface area contributed by atoms with Crippen molar-refractivity contribution in [2.45, 2.75) is 45.3 Å². The molecular weight excluding hydrogens is 492 g/mol. The largest absolute Gasteiger partial charge is 0.439 e. The summed E-state index contributed by atoms with van der Waals surface area (Å²) in [5.41, 5.74) is 3.91. The molecule has 5 rings (SSSR count). The number of aromatic nitrogens is 4. The Kier molecular flexibility index (Phi) is 8.43. The van der Waals surface area contributed by atoms with Gasteiger partial charge < -0.3 is 9.47 Å². The molecule has 3 aromatic heterocycles. The molecule has 1 aliphatic rings. The van der Waals surface area contributed by atoms with Crippen LogP contribution in [0.4, 0.5) is 0 Å². The van der Waals surface area contributed by atoms with Gasteiger partial charge in [0.05, 0.1) is 23.0 Å². The molecule has 0 spiro atoms. The van der Waals surface area contributed by atoms with Gasteiger partial charge in [-0.1, -0.05) is 19.2 Å².